The minimum atomic E-state index is -0.775. The number of hydrogen-bond acceptors (Lipinski definition) is 6. The monoisotopic (exact) mass is 491 g/mol. The van der Waals surface area contributed by atoms with Gasteiger partial charge in [-0.05, 0) is 60.7 Å². The van der Waals surface area contributed by atoms with Gasteiger partial charge in [0.2, 0.25) is 5.89 Å². The second-order valence-corrected chi connectivity index (χ2v) is 8.53. The molecule has 2 aromatic heterocycles. The molecular formula is C28H30FN3O4. The van der Waals surface area contributed by atoms with Gasteiger partial charge in [0, 0.05) is 31.4 Å². The van der Waals surface area contributed by atoms with E-state index in [9.17, 15) is 9.50 Å². The van der Waals surface area contributed by atoms with Gasteiger partial charge in [-0.2, -0.15) is 0 Å². The standard InChI is InChI=1S/C28H30FN3O4/c29-23-9-4-22(5-10-23)8-13-28-31-24(20-36-28)19-35-26-11-6-21(7-12-26)3-1-2-15-32-16-14-30-27(32)17-25(34)18-33/h4-14,16,20,25,33-34H,1-3,15,17-19H2. The third kappa shape index (κ3) is 7.63. The van der Waals surface area contributed by atoms with Crippen LogP contribution in [0.2, 0.25) is 0 Å². The number of imidazole rings is 1. The number of nitrogens with zero attached hydrogens (tertiary/aromatic N) is 3. The highest BCUT2D eigenvalue weighted by Gasteiger charge is 2.09. The van der Waals surface area contributed by atoms with Gasteiger partial charge in [0.15, 0.2) is 0 Å². The van der Waals surface area contributed by atoms with Crippen molar-refractivity contribution < 1.29 is 23.8 Å². The van der Waals surface area contributed by atoms with E-state index in [1.165, 1.54) is 17.7 Å². The average Bonchev–Trinajstić information content (AvgIpc) is 3.55. The van der Waals surface area contributed by atoms with Crippen LogP contribution in [0.15, 0.2) is 71.6 Å². The fourth-order valence-electron chi connectivity index (χ4n) is 3.74. The van der Waals surface area contributed by atoms with Crippen LogP contribution in [0.3, 0.4) is 0 Å². The van der Waals surface area contributed by atoms with Gasteiger partial charge < -0.3 is 23.9 Å². The number of ether oxygens (including phenoxy) is 1. The smallest absolute Gasteiger partial charge is 0.218 e. The zero-order chi connectivity index (χ0) is 25.2. The molecule has 0 amide bonds. The van der Waals surface area contributed by atoms with Crippen LogP contribution in [0.5, 0.6) is 5.75 Å². The van der Waals surface area contributed by atoms with Crippen molar-refractivity contribution in [3.63, 3.8) is 0 Å². The van der Waals surface area contributed by atoms with Gasteiger partial charge in [0.1, 0.15) is 36.0 Å². The molecule has 1 unspecified atom stereocenters. The van der Waals surface area contributed by atoms with Crippen molar-refractivity contribution in [2.24, 2.45) is 0 Å². The zero-order valence-corrected chi connectivity index (χ0v) is 20.0. The van der Waals surface area contributed by atoms with Crippen molar-refractivity contribution in [3.8, 4) is 5.75 Å². The summed E-state index contributed by atoms with van der Waals surface area (Å²) >= 11 is 0. The van der Waals surface area contributed by atoms with Crippen molar-refractivity contribution >= 4 is 12.2 Å². The molecule has 8 heteroatoms. The quantitative estimate of drug-likeness (QED) is 0.264. The lowest BCUT2D eigenvalue weighted by molar-refractivity contribution is 0.0931. The number of aryl methyl sites for hydroxylation is 2. The van der Waals surface area contributed by atoms with Gasteiger partial charge in [-0.25, -0.2) is 14.4 Å². The molecule has 188 valence electrons. The molecule has 0 aliphatic heterocycles. The fraction of sp³-hybridized carbons (Fsp3) is 0.286. The summed E-state index contributed by atoms with van der Waals surface area (Å²) in [6.45, 7) is 0.862. The summed E-state index contributed by atoms with van der Waals surface area (Å²) in [6.07, 6.45) is 11.3. The van der Waals surface area contributed by atoms with Crippen molar-refractivity contribution in [1.82, 2.24) is 14.5 Å². The minimum absolute atomic E-state index is 0.262. The van der Waals surface area contributed by atoms with Crippen LogP contribution in [0.4, 0.5) is 4.39 Å². The molecule has 2 heterocycles. The van der Waals surface area contributed by atoms with Crippen LogP contribution < -0.4 is 4.74 Å². The lowest BCUT2D eigenvalue weighted by Crippen LogP contribution is -2.18. The van der Waals surface area contributed by atoms with E-state index >= 15 is 0 Å². The Labute approximate surface area is 209 Å². The molecule has 0 aliphatic carbocycles. The van der Waals surface area contributed by atoms with Gasteiger partial charge in [-0.15, -0.1) is 0 Å². The Bertz CT molecular complexity index is 1230. The minimum Gasteiger partial charge on any atom is -0.487 e. The van der Waals surface area contributed by atoms with Gasteiger partial charge in [0.05, 0.1) is 12.7 Å². The van der Waals surface area contributed by atoms with E-state index < -0.39 is 6.10 Å². The molecule has 7 nitrogen and oxygen atoms in total. The van der Waals surface area contributed by atoms with Crippen LogP contribution in [-0.2, 0) is 26.0 Å². The number of hydrogen-bond donors (Lipinski definition) is 2. The number of unbranched alkanes of at least 4 members (excludes halogenated alkanes) is 1. The number of oxazole rings is 1. The van der Waals surface area contributed by atoms with E-state index in [1.807, 2.05) is 29.0 Å². The maximum atomic E-state index is 13.0. The van der Waals surface area contributed by atoms with Crippen molar-refractivity contribution in [2.45, 2.75) is 44.9 Å². The first kappa shape index (κ1) is 25.3. The van der Waals surface area contributed by atoms with E-state index in [4.69, 9.17) is 14.3 Å². The van der Waals surface area contributed by atoms with Crippen molar-refractivity contribution in [1.29, 1.82) is 0 Å². The zero-order valence-electron chi connectivity index (χ0n) is 20.0. The Balaban J connectivity index is 1.18. The van der Waals surface area contributed by atoms with Gasteiger partial charge in [0.25, 0.3) is 0 Å². The van der Waals surface area contributed by atoms with Crippen LogP contribution in [-0.4, -0.2) is 37.5 Å². The van der Waals surface area contributed by atoms with E-state index in [0.717, 1.165) is 42.9 Å². The lowest BCUT2D eigenvalue weighted by atomic mass is 10.1. The third-order valence-corrected chi connectivity index (χ3v) is 5.71. The summed E-state index contributed by atoms with van der Waals surface area (Å²) < 4.78 is 26.3. The highest BCUT2D eigenvalue weighted by molar-refractivity contribution is 5.65. The van der Waals surface area contributed by atoms with Crippen LogP contribution in [0, 0.1) is 5.82 Å². The van der Waals surface area contributed by atoms with E-state index in [-0.39, 0.29) is 12.4 Å². The number of aromatic nitrogens is 3. The van der Waals surface area contributed by atoms with Crippen molar-refractivity contribution in [2.75, 3.05) is 6.61 Å². The molecule has 0 aliphatic rings. The second kappa shape index (κ2) is 12.8. The molecule has 0 radical (unpaired) electrons. The molecule has 0 fully saturated rings. The largest absolute Gasteiger partial charge is 0.487 e. The van der Waals surface area contributed by atoms with Gasteiger partial charge in [-0.3, -0.25) is 0 Å². The number of aliphatic hydroxyl groups is 2. The molecule has 0 bridgehead atoms. The highest BCUT2D eigenvalue weighted by atomic mass is 19.1. The molecule has 4 rings (SSSR count). The molecule has 2 aromatic carbocycles. The van der Waals surface area contributed by atoms with E-state index in [0.29, 0.717) is 24.6 Å². The first-order valence-electron chi connectivity index (χ1n) is 12.0. The Morgan fingerprint density at radius 2 is 1.86 bits per heavy atom. The number of aliphatic hydroxyl groups excluding tert-OH is 2. The van der Waals surface area contributed by atoms with Crippen LogP contribution >= 0.6 is 0 Å². The topological polar surface area (TPSA) is 93.5 Å². The molecule has 1 atom stereocenters. The fourth-order valence-corrected chi connectivity index (χ4v) is 3.74. The van der Waals surface area contributed by atoms with Gasteiger partial charge >= 0.3 is 0 Å². The molecule has 0 spiro atoms. The Hall–Kier alpha value is -3.75. The first-order valence-corrected chi connectivity index (χ1v) is 12.0. The Morgan fingerprint density at radius 3 is 2.64 bits per heavy atom. The average molecular weight is 492 g/mol. The summed E-state index contributed by atoms with van der Waals surface area (Å²) in [5, 5.41) is 18.7. The molecule has 4 aromatic rings. The molecule has 0 saturated carbocycles. The van der Waals surface area contributed by atoms with Crippen LogP contribution in [0.25, 0.3) is 12.2 Å². The molecule has 36 heavy (non-hydrogen) atoms. The number of halogens is 1. The Kier molecular flexibility index (Phi) is 9.02. The maximum Gasteiger partial charge on any atom is 0.218 e. The normalized spacial score (nSPS) is 12.3. The molecular weight excluding hydrogens is 461 g/mol. The number of benzene rings is 2. The summed E-state index contributed by atoms with van der Waals surface area (Å²) in [7, 11) is 0. The van der Waals surface area contributed by atoms with E-state index in [2.05, 4.69) is 22.1 Å². The van der Waals surface area contributed by atoms with E-state index in [1.54, 1.807) is 30.7 Å². The first-order chi connectivity index (χ1) is 17.6. The highest BCUT2D eigenvalue weighted by Crippen LogP contribution is 2.17. The second-order valence-electron chi connectivity index (χ2n) is 8.53. The Morgan fingerprint density at radius 1 is 1.06 bits per heavy atom. The predicted octanol–water partition coefficient (Wildman–Crippen LogP) is 4.68. The summed E-state index contributed by atoms with van der Waals surface area (Å²) in [4.78, 5) is 8.66. The lowest BCUT2D eigenvalue weighted by Gasteiger charge is -2.10. The molecule has 0 saturated heterocycles. The number of rotatable bonds is 13. The summed E-state index contributed by atoms with van der Waals surface area (Å²) in [5.41, 5.74) is 2.78. The predicted molar refractivity (Wildman–Crippen MR) is 135 cm³/mol. The SMILES string of the molecule is OCC(O)Cc1nccn1CCCCc1ccc(OCc2coc(C=Cc3ccc(F)cc3)n2)cc1. The molecule has 2 N–H and O–H groups in total. The summed E-state index contributed by atoms with van der Waals surface area (Å²) in [6, 6.07) is 14.2. The maximum absolute atomic E-state index is 13.0. The van der Waals surface area contributed by atoms with Gasteiger partial charge in [-0.1, -0.05) is 24.3 Å². The summed E-state index contributed by atoms with van der Waals surface area (Å²) in [5.74, 6) is 1.74. The van der Waals surface area contributed by atoms with Crippen molar-refractivity contribution in [3.05, 3.63) is 102 Å². The third-order valence-electron chi connectivity index (χ3n) is 5.71. The van der Waals surface area contributed by atoms with Crippen LogP contribution in [0.1, 0.15) is 41.4 Å².